The Kier molecular flexibility index (Phi) is 7.29. The molecule has 0 saturated heterocycles. The van der Waals surface area contributed by atoms with Gasteiger partial charge in [-0.1, -0.05) is 36.0 Å². The summed E-state index contributed by atoms with van der Waals surface area (Å²) in [5.74, 6) is 0.590. The number of benzene rings is 1. The van der Waals surface area contributed by atoms with Gasteiger partial charge in [-0.15, -0.1) is 0 Å². The molecule has 0 spiro atoms. The zero-order chi connectivity index (χ0) is 14.3. The fraction of sp³-hybridized carbons (Fsp3) is 0.500. The lowest BCUT2D eigenvalue weighted by atomic mass is 10.2. The van der Waals surface area contributed by atoms with E-state index in [1.165, 1.54) is 0 Å². The molecule has 1 aromatic rings. The van der Waals surface area contributed by atoms with E-state index in [1.807, 2.05) is 0 Å². The summed E-state index contributed by atoms with van der Waals surface area (Å²) < 4.78 is 26.9. The van der Waals surface area contributed by atoms with E-state index in [0.29, 0.717) is 28.8 Å². The van der Waals surface area contributed by atoms with Crippen LogP contribution in [0.3, 0.4) is 0 Å². The molecule has 0 aliphatic carbocycles. The normalized spacial score (nSPS) is 11.5. The van der Waals surface area contributed by atoms with Gasteiger partial charge in [0.05, 0.1) is 17.4 Å². The van der Waals surface area contributed by atoms with E-state index in [4.69, 9.17) is 38.6 Å². The van der Waals surface area contributed by atoms with Gasteiger partial charge in [-0.25, -0.2) is 8.42 Å². The standard InChI is InChI=1S/C12H15Cl3O3S/c13-10-5-6-11(14)12(9-10)18-7-3-1-2-4-8-19(15,16)17/h5-6,9H,1-4,7-8H2. The summed E-state index contributed by atoms with van der Waals surface area (Å²) in [6, 6.07) is 5.05. The van der Waals surface area contributed by atoms with Crippen molar-refractivity contribution in [2.45, 2.75) is 25.7 Å². The number of hydrogen-bond acceptors (Lipinski definition) is 3. The van der Waals surface area contributed by atoms with Crippen molar-refractivity contribution in [1.29, 1.82) is 0 Å². The van der Waals surface area contributed by atoms with E-state index in [-0.39, 0.29) is 5.75 Å². The Morgan fingerprint density at radius 3 is 2.42 bits per heavy atom. The second kappa shape index (κ2) is 8.20. The van der Waals surface area contributed by atoms with Gasteiger partial charge in [0.25, 0.3) is 0 Å². The highest BCUT2D eigenvalue weighted by Gasteiger charge is 2.04. The summed E-state index contributed by atoms with van der Waals surface area (Å²) in [6.45, 7) is 0.522. The minimum Gasteiger partial charge on any atom is -0.492 e. The molecule has 1 rings (SSSR count). The van der Waals surface area contributed by atoms with Gasteiger partial charge < -0.3 is 4.74 Å². The maximum atomic E-state index is 10.7. The molecule has 0 aliphatic heterocycles. The summed E-state index contributed by atoms with van der Waals surface area (Å²) in [4.78, 5) is 0. The quantitative estimate of drug-likeness (QED) is 0.514. The lowest BCUT2D eigenvalue weighted by molar-refractivity contribution is 0.305. The average Bonchev–Trinajstić information content (AvgIpc) is 2.31. The molecule has 0 aromatic heterocycles. The van der Waals surface area contributed by atoms with Gasteiger partial charge in [0.1, 0.15) is 5.75 Å². The van der Waals surface area contributed by atoms with Crippen LogP contribution in [0.1, 0.15) is 25.7 Å². The third kappa shape index (κ3) is 7.88. The first kappa shape index (κ1) is 16.9. The van der Waals surface area contributed by atoms with Gasteiger partial charge in [0.15, 0.2) is 0 Å². The maximum Gasteiger partial charge on any atom is 0.232 e. The molecule has 1 aromatic carbocycles. The molecule has 0 unspecified atom stereocenters. The summed E-state index contributed by atoms with van der Waals surface area (Å²) in [6.07, 6.45) is 3.08. The number of unbranched alkanes of at least 4 members (excludes halogenated alkanes) is 3. The Morgan fingerprint density at radius 2 is 1.74 bits per heavy atom. The van der Waals surface area contributed by atoms with Crippen molar-refractivity contribution in [3.05, 3.63) is 28.2 Å². The molecule has 0 fully saturated rings. The van der Waals surface area contributed by atoms with Crippen molar-refractivity contribution in [3.63, 3.8) is 0 Å². The zero-order valence-corrected chi connectivity index (χ0v) is 13.3. The van der Waals surface area contributed by atoms with Crippen LogP contribution in [0, 0.1) is 0 Å². The molecular weight excluding hydrogens is 331 g/mol. The van der Waals surface area contributed by atoms with Gasteiger partial charge in [0, 0.05) is 21.8 Å². The van der Waals surface area contributed by atoms with Crippen LogP contribution in [0.5, 0.6) is 5.75 Å². The first-order valence-electron chi connectivity index (χ1n) is 5.89. The number of rotatable bonds is 8. The lowest BCUT2D eigenvalue weighted by Crippen LogP contribution is -2.00. The topological polar surface area (TPSA) is 43.4 Å². The van der Waals surface area contributed by atoms with Crippen molar-refractivity contribution < 1.29 is 13.2 Å². The Morgan fingerprint density at radius 1 is 1.05 bits per heavy atom. The highest BCUT2D eigenvalue weighted by Crippen LogP contribution is 2.27. The van der Waals surface area contributed by atoms with Crippen molar-refractivity contribution in [2.75, 3.05) is 12.4 Å². The van der Waals surface area contributed by atoms with Crippen LogP contribution >= 0.6 is 33.9 Å². The molecule has 7 heteroatoms. The first-order valence-corrected chi connectivity index (χ1v) is 9.12. The summed E-state index contributed by atoms with van der Waals surface area (Å²) in [7, 11) is 1.74. The fourth-order valence-electron chi connectivity index (χ4n) is 1.50. The molecule has 0 bridgehead atoms. The third-order valence-electron chi connectivity index (χ3n) is 2.43. The number of ether oxygens (including phenoxy) is 1. The highest BCUT2D eigenvalue weighted by molar-refractivity contribution is 8.13. The van der Waals surface area contributed by atoms with E-state index in [9.17, 15) is 8.42 Å². The van der Waals surface area contributed by atoms with E-state index in [0.717, 1.165) is 19.3 Å². The predicted octanol–water partition coefficient (Wildman–Crippen LogP) is 4.50. The largest absolute Gasteiger partial charge is 0.492 e. The number of hydrogen-bond donors (Lipinski definition) is 0. The first-order chi connectivity index (χ1) is 8.88. The second-order valence-corrected chi connectivity index (χ2v) is 7.82. The number of halogens is 3. The molecular formula is C12H15Cl3O3S. The van der Waals surface area contributed by atoms with Gasteiger partial charge in [-0.3, -0.25) is 0 Å². The van der Waals surface area contributed by atoms with E-state index in [1.54, 1.807) is 18.2 Å². The van der Waals surface area contributed by atoms with E-state index in [2.05, 4.69) is 0 Å². The highest BCUT2D eigenvalue weighted by atomic mass is 35.7. The van der Waals surface area contributed by atoms with Crippen molar-refractivity contribution >= 4 is 42.9 Å². The monoisotopic (exact) mass is 344 g/mol. The van der Waals surface area contributed by atoms with Gasteiger partial charge in [-0.05, 0) is 25.0 Å². The van der Waals surface area contributed by atoms with Crippen LogP contribution in [0.2, 0.25) is 10.0 Å². The van der Waals surface area contributed by atoms with Crippen LogP contribution in [-0.4, -0.2) is 20.8 Å². The minimum atomic E-state index is -3.36. The van der Waals surface area contributed by atoms with Gasteiger partial charge in [-0.2, -0.15) is 0 Å². The van der Waals surface area contributed by atoms with Crippen molar-refractivity contribution in [2.24, 2.45) is 0 Å². The lowest BCUT2D eigenvalue weighted by Gasteiger charge is -2.08. The van der Waals surface area contributed by atoms with E-state index < -0.39 is 9.05 Å². The Hall–Kier alpha value is -0.160. The van der Waals surface area contributed by atoms with Crippen LogP contribution in [0.25, 0.3) is 0 Å². The molecule has 0 radical (unpaired) electrons. The molecule has 0 aliphatic rings. The molecule has 19 heavy (non-hydrogen) atoms. The van der Waals surface area contributed by atoms with Crippen LogP contribution in [0.4, 0.5) is 0 Å². The molecule has 0 amide bonds. The molecule has 0 saturated carbocycles. The SMILES string of the molecule is O=S(=O)(Cl)CCCCCCOc1cc(Cl)ccc1Cl. The van der Waals surface area contributed by atoms with E-state index >= 15 is 0 Å². The molecule has 0 heterocycles. The van der Waals surface area contributed by atoms with Crippen LogP contribution in [0.15, 0.2) is 18.2 Å². The molecule has 0 atom stereocenters. The maximum absolute atomic E-state index is 10.7. The second-order valence-electron chi connectivity index (χ2n) is 4.08. The smallest absolute Gasteiger partial charge is 0.232 e. The van der Waals surface area contributed by atoms with Gasteiger partial charge in [0.2, 0.25) is 9.05 Å². The van der Waals surface area contributed by atoms with Crippen LogP contribution in [-0.2, 0) is 9.05 Å². The average molecular weight is 346 g/mol. The molecule has 3 nitrogen and oxygen atoms in total. The summed E-state index contributed by atoms with van der Waals surface area (Å²) >= 11 is 11.8. The minimum absolute atomic E-state index is 0.0233. The molecule has 108 valence electrons. The summed E-state index contributed by atoms with van der Waals surface area (Å²) in [5, 5.41) is 1.10. The summed E-state index contributed by atoms with van der Waals surface area (Å²) in [5.41, 5.74) is 0. The fourth-order valence-corrected chi connectivity index (χ4v) is 2.71. The Bertz CT molecular complexity index is 503. The van der Waals surface area contributed by atoms with Crippen molar-refractivity contribution in [1.82, 2.24) is 0 Å². The molecule has 0 N–H and O–H groups in total. The van der Waals surface area contributed by atoms with Crippen LogP contribution < -0.4 is 4.74 Å². The predicted molar refractivity (Wildman–Crippen MR) is 80.1 cm³/mol. The van der Waals surface area contributed by atoms with Gasteiger partial charge >= 0.3 is 0 Å². The zero-order valence-electron chi connectivity index (χ0n) is 10.2. The Balaban J connectivity index is 2.16. The van der Waals surface area contributed by atoms with Crippen molar-refractivity contribution in [3.8, 4) is 5.75 Å². The Labute approximate surface area is 128 Å². The third-order valence-corrected chi connectivity index (χ3v) is 4.22.